The number of benzene rings is 2. The van der Waals surface area contributed by atoms with E-state index in [4.69, 9.17) is 20.0 Å². The standard InChI is InChI=1S/C17H15N5O4S/c1-25-14-5-8-17(26-2)16(9-14)22-27(23,24)15-6-3-12(4-7-15)20-21-13(10-18)11-19/h3-9,20,22H,1-2H3. The fourth-order valence-electron chi connectivity index (χ4n) is 2.00. The number of rotatable bonds is 7. The third-order valence-corrected chi connectivity index (χ3v) is 4.71. The van der Waals surface area contributed by atoms with Crippen molar-refractivity contribution in [3.05, 3.63) is 42.5 Å². The molecule has 10 heteroatoms. The second-order valence-corrected chi connectivity index (χ2v) is 6.67. The predicted octanol–water partition coefficient (Wildman–Crippen LogP) is 2.32. The lowest BCUT2D eigenvalue weighted by atomic mass is 10.3. The number of nitrogens with one attached hydrogen (secondary N) is 2. The van der Waals surface area contributed by atoms with Crippen molar-refractivity contribution in [2.75, 3.05) is 24.4 Å². The molecule has 0 amide bonds. The number of hydrogen-bond donors (Lipinski definition) is 2. The summed E-state index contributed by atoms with van der Waals surface area (Å²) in [4.78, 5) is 0.00249. The van der Waals surface area contributed by atoms with Gasteiger partial charge in [0, 0.05) is 6.07 Å². The van der Waals surface area contributed by atoms with Gasteiger partial charge in [0.05, 0.1) is 30.5 Å². The topological polar surface area (TPSA) is 137 Å². The van der Waals surface area contributed by atoms with E-state index in [0.29, 0.717) is 17.2 Å². The molecular weight excluding hydrogens is 370 g/mol. The van der Waals surface area contributed by atoms with E-state index in [-0.39, 0.29) is 16.3 Å². The van der Waals surface area contributed by atoms with Crippen LogP contribution < -0.4 is 19.6 Å². The van der Waals surface area contributed by atoms with Crippen LogP contribution in [0.25, 0.3) is 0 Å². The minimum absolute atomic E-state index is 0.00249. The molecule has 0 bridgehead atoms. The summed E-state index contributed by atoms with van der Waals surface area (Å²) >= 11 is 0. The van der Waals surface area contributed by atoms with Crippen LogP contribution in [0.15, 0.2) is 52.5 Å². The van der Waals surface area contributed by atoms with E-state index >= 15 is 0 Å². The normalized spacial score (nSPS) is 10.1. The number of nitrogens with zero attached hydrogens (tertiary/aromatic N) is 3. The van der Waals surface area contributed by atoms with Gasteiger partial charge in [0.2, 0.25) is 5.71 Å². The van der Waals surface area contributed by atoms with Gasteiger partial charge in [-0.15, -0.1) is 0 Å². The molecule has 0 unspecified atom stereocenters. The molecule has 0 aliphatic carbocycles. The Labute approximate surface area is 156 Å². The van der Waals surface area contributed by atoms with Crippen molar-refractivity contribution < 1.29 is 17.9 Å². The number of nitriles is 2. The molecule has 2 rings (SSSR count). The zero-order chi connectivity index (χ0) is 19.9. The molecule has 9 nitrogen and oxygen atoms in total. The van der Waals surface area contributed by atoms with E-state index < -0.39 is 10.0 Å². The molecule has 0 radical (unpaired) electrons. The first-order valence-electron chi connectivity index (χ1n) is 7.42. The highest BCUT2D eigenvalue weighted by molar-refractivity contribution is 7.92. The van der Waals surface area contributed by atoms with Gasteiger partial charge in [-0.25, -0.2) is 8.42 Å². The lowest BCUT2D eigenvalue weighted by Gasteiger charge is -2.13. The summed E-state index contributed by atoms with van der Waals surface area (Å²) in [5.74, 6) is 0.809. The van der Waals surface area contributed by atoms with Crippen molar-refractivity contribution in [2.45, 2.75) is 4.90 Å². The number of ether oxygens (including phenoxy) is 2. The monoisotopic (exact) mass is 385 g/mol. The molecule has 0 saturated heterocycles. The Kier molecular flexibility index (Phi) is 6.20. The minimum Gasteiger partial charge on any atom is -0.497 e. The minimum atomic E-state index is -3.88. The smallest absolute Gasteiger partial charge is 0.262 e. The number of hydrazone groups is 1. The largest absolute Gasteiger partial charge is 0.497 e. The molecule has 0 aromatic heterocycles. The Morgan fingerprint density at radius 3 is 2.26 bits per heavy atom. The van der Waals surface area contributed by atoms with Gasteiger partial charge in [0.15, 0.2) is 0 Å². The molecule has 27 heavy (non-hydrogen) atoms. The quantitative estimate of drug-likeness (QED) is 0.551. The van der Waals surface area contributed by atoms with E-state index in [9.17, 15) is 8.42 Å². The predicted molar refractivity (Wildman–Crippen MR) is 99.1 cm³/mol. The van der Waals surface area contributed by atoms with Gasteiger partial charge >= 0.3 is 0 Å². The third kappa shape index (κ3) is 4.87. The second kappa shape index (κ2) is 8.56. The van der Waals surface area contributed by atoms with Gasteiger partial charge in [-0.05, 0) is 36.4 Å². The Morgan fingerprint density at radius 2 is 1.70 bits per heavy atom. The summed E-state index contributed by atoms with van der Waals surface area (Å²) < 4.78 is 37.9. The molecule has 2 aromatic carbocycles. The van der Waals surface area contributed by atoms with Gasteiger partial charge in [-0.1, -0.05) is 0 Å². The highest BCUT2D eigenvalue weighted by atomic mass is 32.2. The maximum atomic E-state index is 12.6. The van der Waals surface area contributed by atoms with Gasteiger partial charge in [0.1, 0.15) is 23.6 Å². The van der Waals surface area contributed by atoms with Crippen LogP contribution in [-0.4, -0.2) is 28.3 Å². The third-order valence-electron chi connectivity index (χ3n) is 3.32. The van der Waals surface area contributed by atoms with Gasteiger partial charge < -0.3 is 9.47 Å². The molecule has 0 aliphatic heterocycles. The second-order valence-electron chi connectivity index (χ2n) is 4.99. The molecule has 0 atom stereocenters. The fraction of sp³-hybridized carbons (Fsp3) is 0.118. The summed E-state index contributed by atoms with van der Waals surface area (Å²) in [5, 5.41) is 20.8. The SMILES string of the molecule is COc1ccc(OC)c(NS(=O)(=O)c2ccc(NN=C(C#N)C#N)cc2)c1. The summed E-state index contributed by atoms with van der Waals surface area (Å²) in [6.07, 6.45) is 0. The van der Waals surface area contributed by atoms with Crippen LogP contribution in [0.1, 0.15) is 0 Å². The lowest BCUT2D eigenvalue weighted by Crippen LogP contribution is -2.13. The molecule has 0 saturated carbocycles. The average Bonchev–Trinajstić information content (AvgIpc) is 2.68. The molecule has 0 spiro atoms. The van der Waals surface area contributed by atoms with E-state index in [1.165, 1.54) is 44.6 Å². The zero-order valence-corrected chi connectivity index (χ0v) is 15.2. The Bertz CT molecular complexity index is 1020. The molecule has 0 heterocycles. The summed E-state index contributed by atoms with van der Waals surface area (Å²) in [7, 11) is -0.984. The zero-order valence-electron chi connectivity index (χ0n) is 14.4. The van der Waals surface area contributed by atoms with Crippen molar-refractivity contribution in [3.63, 3.8) is 0 Å². The highest BCUT2D eigenvalue weighted by Crippen LogP contribution is 2.31. The van der Waals surface area contributed by atoms with E-state index in [1.807, 2.05) is 0 Å². The van der Waals surface area contributed by atoms with Crippen molar-refractivity contribution >= 4 is 27.1 Å². The highest BCUT2D eigenvalue weighted by Gasteiger charge is 2.17. The molecule has 0 aliphatic rings. The van der Waals surface area contributed by atoms with Crippen LogP contribution in [0.3, 0.4) is 0 Å². The number of anilines is 2. The molecular formula is C17H15N5O4S. The van der Waals surface area contributed by atoms with E-state index in [0.717, 1.165) is 0 Å². The van der Waals surface area contributed by atoms with Crippen LogP contribution in [0.4, 0.5) is 11.4 Å². The maximum Gasteiger partial charge on any atom is 0.262 e. The molecule has 2 N–H and O–H groups in total. The number of methoxy groups -OCH3 is 2. The Morgan fingerprint density at radius 1 is 1.04 bits per heavy atom. The number of hydrogen-bond acceptors (Lipinski definition) is 8. The van der Waals surface area contributed by atoms with Crippen molar-refractivity contribution in [1.82, 2.24) is 0 Å². The van der Waals surface area contributed by atoms with Crippen LogP contribution in [0.5, 0.6) is 11.5 Å². The van der Waals surface area contributed by atoms with Gasteiger partial charge in [0.25, 0.3) is 10.0 Å². The first-order chi connectivity index (χ1) is 12.9. The van der Waals surface area contributed by atoms with Gasteiger partial charge in [-0.2, -0.15) is 15.6 Å². The molecule has 2 aromatic rings. The van der Waals surface area contributed by atoms with Gasteiger partial charge in [-0.3, -0.25) is 10.1 Å². The van der Waals surface area contributed by atoms with Crippen molar-refractivity contribution in [1.29, 1.82) is 10.5 Å². The lowest BCUT2D eigenvalue weighted by molar-refractivity contribution is 0.405. The van der Waals surface area contributed by atoms with Crippen LogP contribution >= 0.6 is 0 Å². The summed E-state index contributed by atoms with van der Waals surface area (Å²) in [6.45, 7) is 0. The van der Waals surface area contributed by atoms with Crippen molar-refractivity contribution in [2.24, 2.45) is 5.10 Å². The maximum absolute atomic E-state index is 12.6. The first-order valence-corrected chi connectivity index (χ1v) is 8.90. The van der Waals surface area contributed by atoms with E-state index in [2.05, 4.69) is 15.2 Å². The Hall–Kier alpha value is -3.76. The fourth-order valence-corrected chi connectivity index (χ4v) is 3.06. The average molecular weight is 385 g/mol. The van der Waals surface area contributed by atoms with Crippen LogP contribution in [-0.2, 0) is 10.0 Å². The molecule has 0 fully saturated rings. The van der Waals surface area contributed by atoms with E-state index in [1.54, 1.807) is 24.3 Å². The molecule has 138 valence electrons. The first kappa shape index (κ1) is 19.6. The summed E-state index contributed by atoms with van der Waals surface area (Å²) in [5.41, 5.74) is 2.80. The van der Waals surface area contributed by atoms with Crippen LogP contribution in [0, 0.1) is 22.7 Å². The van der Waals surface area contributed by atoms with Crippen molar-refractivity contribution in [3.8, 4) is 23.6 Å². The summed E-state index contributed by atoms with van der Waals surface area (Å²) in [6, 6.07) is 13.6. The Balaban J connectivity index is 2.24. The van der Waals surface area contributed by atoms with Crippen LogP contribution in [0.2, 0.25) is 0 Å². The number of sulfonamides is 1.